The van der Waals surface area contributed by atoms with Gasteiger partial charge < -0.3 is 14.2 Å². The molecule has 2 rings (SSSR count). The fraction of sp³-hybridized carbons (Fsp3) is 0.615. The number of rotatable bonds is 7. The first kappa shape index (κ1) is 16.3. The number of hydrogen-bond donors (Lipinski definition) is 0. The summed E-state index contributed by atoms with van der Waals surface area (Å²) in [5.74, 6) is -0.201. The second-order valence-corrected chi connectivity index (χ2v) is 7.58. The largest absolute Gasteiger partial charge is 0.383 e. The topological polar surface area (TPSA) is 68.6 Å². The van der Waals surface area contributed by atoms with Crippen LogP contribution in [0.15, 0.2) is 17.2 Å². The predicted molar refractivity (Wildman–Crippen MR) is 79.2 cm³/mol. The van der Waals surface area contributed by atoms with Crippen molar-refractivity contribution in [2.45, 2.75) is 30.7 Å². The van der Waals surface area contributed by atoms with Gasteiger partial charge in [-0.3, -0.25) is 4.79 Å². The summed E-state index contributed by atoms with van der Waals surface area (Å²) >= 11 is 0. The molecule has 1 amide bonds. The highest BCUT2D eigenvalue weighted by molar-refractivity contribution is 8.13. The van der Waals surface area contributed by atoms with Crippen LogP contribution >= 0.6 is 10.7 Å². The quantitative estimate of drug-likeness (QED) is 0.714. The van der Waals surface area contributed by atoms with E-state index in [4.69, 9.17) is 15.4 Å². The minimum atomic E-state index is -3.84. The van der Waals surface area contributed by atoms with Crippen LogP contribution in [0.2, 0.25) is 0 Å². The van der Waals surface area contributed by atoms with Crippen LogP contribution in [0.25, 0.3) is 0 Å². The Morgan fingerprint density at radius 3 is 2.67 bits per heavy atom. The molecule has 0 atom stereocenters. The maximum absolute atomic E-state index is 12.6. The maximum atomic E-state index is 12.6. The first-order valence-corrected chi connectivity index (χ1v) is 9.14. The second kappa shape index (κ2) is 6.37. The van der Waals surface area contributed by atoms with Gasteiger partial charge in [-0.25, -0.2) is 8.42 Å². The van der Waals surface area contributed by atoms with Crippen molar-refractivity contribution >= 4 is 25.6 Å². The van der Waals surface area contributed by atoms with Gasteiger partial charge in [-0.15, -0.1) is 0 Å². The van der Waals surface area contributed by atoms with Crippen molar-refractivity contribution < 1.29 is 17.9 Å². The van der Waals surface area contributed by atoms with Gasteiger partial charge in [0, 0.05) is 43.1 Å². The summed E-state index contributed by atoms with van der Waals surface area (Å²) in [5, 5.41) is 0. The van der Waals surface area contributed by atoms with Gasteiger partial charge >= 0.3 is 0 Å². The Labute approximate surface area is 129 Å². The molecule has 1 saturated carbocycles. The van der Waals surface area contributed by atoms with Crippen LogP contribution in [-0.4, -0.2) is 50.6 Å². The summed E-state index contributed by atoms with van der Waals surface area (Å²) in [6.07, 6.45) is 3.35. The molecule has 8 heteroatoms. The van der Waals surface area contributed by atoms with Crippen molar-refractivity contribution in [1.29, 1.82) is 0 Å². The highest BCUT2D eigenvalue weighted by Gasteiger charge is 2.31. The fourth-order valence-electron chi connectivity index (χ4n) is 2.18. The fourth-order valence-corrected chi connectivity index (χ4v) is 2.93. The summed E-state index contributed by atoms with van der Waals surface area (Å²) in [6.45, 7) is 3.30. The van der Waals surface area contributed by atoms with E-state index in [1.807, 2.05) is 6.92 Å². The van der Waals surface area contributed by atoms with Crippen molar-refractivity contribution in [2.75, 3.05) is 26.8 Å². The minimum Gasteiger partial charge on any atom is -0.383 e. The van der Waals surface area contributed by atoms with Crippen LogP contribution in [0.4, 0.5) is 0 Å². The summed E-state index contributed by atoms with van der Waals surface area (Å²) in [6, 6.07) is 1.55. The number of carbonyl (C=O) groups excluding carboxylic acids is 1. The second-order valence-electron chi connectivity index (χ2n) is 5.01. The molecule has 6 nitrogen and oxygen atoms in total. The number of aromatic nitrogens is 1. The molecule has 0 spiro atoms. The molecule has 1 aromatic heterocycles. The number of ether oxygens (including phenoxy) is 1. The van der Waals surface area contributed by atoms with Crippen molar-refractivity contribution in [3.8, 4) is 0 Å². The monoisotopic (exact) mass is 334 g/mol. The normalized spacial score (nSPS) is 15.2. The van der Waals surface area contributed by atoms with Gasteiger partial charge in [-0.1, -0.05) is 0 Å². The van der Waals surface area contributed by atoms with Crippen LogP contribution in [-0.2, 0) is 13.8 Å². The average Bonchev–Trinajstić information content (AvgIpc) is 3.16. The zero-order valence-electron chi connectivity index (χ0n) is 12.1. The van der Waals surface area contributed by atoms with E-state index in [0.717, 1.165) is 12.8 Å². The Balaban J connectivity index is 2.32. The molecule has 118 valence electrons. The van der Waals surface area contributed by atoms with E-state index < -0.39 is 9.05 Å². The van der Waals surface area contributed by atoms with E-state index in [-0.39, 0.29) is 16.8 Å². The lowest BCUT2D eigenvalue weighted by molar-refractivity contribution is 0.0695. The van der Waals surface area contributed by atoms with Gasteiger partial charge in [0.2, 0.25) is 0 Å². The Morgan fingerprint density at radius 2 is 2.19 bits per heavy atom. The smallest absolute Gasteiger partial charge is 0.270 e. The zero-order chi connectivity index (χ0) is 15.6. The molecular formula is C13H19ClN2O4S. The molecule has 0 saturated heterocycles. The van der Waals surface area contributed by atoms with E-state index >= 15 is 0 Å². The molecule has 1 aliphatic carbocycles. The lowest BCUT2D eigenvalue weighted by atomic mass is 10.3. The third-order valence-electron chi connectivity index (χ3n) is 3.50. The van der Waals surface area contributed by atoms with Gasteiger partial charge in [0.05, 0.1) is 6.61 Å². The molecule has 21 heavy (non-hydrogen) atoms. The predicted octanol–water partition coefficient (Wildman–Crippen LogP) is 1.86. The van der Waals surface area contributed by atoms with Crippen LogP contribution in [0, 0.1) is 0 Å². The lowest BCUT2D eigenvalue weighted by Gasteiger charge is -2.21. The van der Waals surface area contributed by atoms with E-state index in [1.165, 1.54) is 12.3 Å². The van der Waals surface area contributed by atoms with E-state index in [1.54, 1.807) is 16.6 Å². The van der Waals surface area contributed by atoms with Crippen molar-refractivity contribution in [1.82, 2.24) is 9.47 Å². The standard InChI is InChI=1S/C13H19ClN2O4S/c1-3-15(6-7-20-2)13(17)12-8-11(21(14,18)19)9-16(12)10-4-5-10/h8-10H,3-7H2,1-2H3. The van der Waals surface area contributed by atoms with Gasteiger partial charge in [0.15, 0.2) is 0 Å². The van der Waals surface area contributed by atoms with Gasteiger partial charge in [0.1, 0.15) is 10.6 Å². The van der Waals surface area contributed by atoms with Crippen molar-refractivity contribution in [3.05, 3.63) is 18.0 Å². The summed E-state index contributed by atoms with van der Waals surface area (Å²) in [5.41, 5.74) is 0.370. The summed E-state index contributed by atoms with van der Waals surface area (Å²) in [4.78, 5) is 14.2. The molecule has 0 bridgehead atoms. The Bertz CT molecular complexity index is 622. The first-order valence-electron chi connectivity index (χ1n) is 6.83. The Morgan fingerprint density at radius 1 is 1.52 bits per heavy atom. The van der Waals surface area contributed by atoms with Crippen LogP contribution in [0.1, 0.15) is 36.3 Å². The molecule has 0 aliphatic heterocycles. The molecule has 1 fully saturated rings. The molecule has 0 N–H and O–H groups in total. The first-order chi connectivity index (χ1) is 9.88. The van der Waals surface area contributed by atoms with Gasteiger partial charge in [0.25, 0.3) is 15.0 Å². The molecule has 1 aromatic rings. The highest BCUT2D eigenvalue weighted by atomic mass is 35.7. The number of halogens is 1. The number of nitrogens with zero attached hydrogens (tertiary/aromatic N) is 2. The van der Waals surface area contributed by atoms with E-state index in [9.17, 15) is 13.2 Å². The zero-order valence-corrected chi connectivity index (χ0v) is 13.7. The number of amides is 1. The van der Waals surface area contributed by atoms with Crippen LogP contribution in [0.5, 0.6) is 0 Å². The minimum absolute atomic E-state index is 0.0257. The SMILES string of the molecule is CCN(CCOC)C(=O)c1cc(S(=O)(=O)Cl)cn1C1CC1. The molecule has 0 unspecified atom stereocenters. The highest BCUT2D eigenvalue weighted by Crippen LogP contribution is 2.38. The Kier molecular flexibility index (Phi) is 4.95. The van der Waals surface area contributed by atoms with Gasteiger partial charge in [-0.05, 0) is 25.8 Å². The summed E-state index contributed by atoms with van der Waals surface area (Å²) < 4.78 is 29.7. The van der Waals surface area contributed by atoms with Gasteiger partial charge in [-0.2, -0.15) is 0 Å². The molecular weight excluding hydrogens is 316 g/mol. The third-order valence-corrected chi connectivity index (χ3v) is 4.82. The number of hydrogen-bond acceptors (Lipinski definition) is 4. The van der Waals surface area contributed by atoms with Crippen molar-refractivity contribution in [3.63, 3.8) is 0 Å². The van der Waals surface area contributed by atoms with Crippen molar-refractivity contribution in [2.24, 2.45) is 0 Å². The molecule has 0 radical (unpaired) electrons. The summed E-state index contributed by atoms with van der Waals surface area (Å²) in [7, 11) is 3.12. The number of methoxy groups -OCH3 is 1. The molecule has 1 heterocycles. The average molecular weight is 335 g/mol. The van der Waals surface area contributed by atoms with E-state index in [2.05, 4.69) is 0 Å². The number of carbonyl (C=O) groups is 1. The third kappa shape index (κ3) is 3.78. The van der Waals surface area contributed by atoms with E-state index in [0.29, 0.717) is 25.4 Å². The lowest BCUT2D eigenvalue weighted by Crippen LogP contribution is -2.34. The molecule has 0 aromatic carbocycles. The maximum Gasteiger partial charge on any atom is 0.270 e. The van der Waals surface area contributed by atoms with Crippen LogP contribution < -0.4 is 0 Å². The Hall–Kier alpha value is -1.05. The van der Waals surface area contributed by atoms with Crippen LogP contribution in [0.3, 0.4) is 0 Å². The number of likely N-dealkylation sites (N-methyl/N-ethyl adjacent to an activating group) is 1. The molecule has 1 aliphatic rings.